The molecule has 8 nitrogen and oxygen atoms in total. The van der Waals surface area contributed by atoms with Gasteiger partial charge in [-0.05, 0) is 61.5 Å². The number of amides is 1. The fourth-order valence-electron chi connectivity index (χ4n) is 3.55. The molecule has 1 N–H and O–H groups in total. The minimum absolute atomic E-state index is 0.0384. The maximum Gasteiger partial charge on any atom is 0.281 e. The molecule has 1 aliphatic heterocycles. The highest BCUT2D eigenvalue weighted by Crippen LogP contribution is 2.27. The van der Waals surface area contributed by atoms with Gasteiger partial charge in [0.2, 0.25) is 0 Å². The predicted octanol–water partition coefficient (Wildman–Crippen LogP) is 4.90. The monoisotopic (exact) mass is 463 g/mol. The molecule has 0 atom stereocenters. The van der Waals surface area contributed by atoms with E-state index in [1.54, 1.807) is 37.3 Å². The topological polar surface area (TPSA) is 97.9 Å². The lowest BCUT2D eigenvalue weighted by atomic mass is 10.1. The first-order chi connectivity index (χ1) is 15.9. The molecule has 0 bridgehead atoms. The van der Waals surface area contributed by atoms with Crippen molar-refractivity contribution in [2.75, 3.05) is 4.90 Å². The Morgan fingerprint density at radius 2 is 2.00 bits per heavy atom. The number of hydrogen-bond donors (Lipinski definition) is 1. The zero-order chi connectivity index (χ0) is 23.5. The van der Waals surface area contributed by atoms with Crippen molar-refractivity contribution >= 4 is 40.7 Å². The van der Waals surface area contributed by atoms with E-state index in [2.05, 4.69) is 5.32 Å². The van der Waals surface area contributed by atoms with E-state index in [0.717, 1.165) is 17.7 Å². The Labute approximate surface area is 195 Å². The minimum Gasteiger partial charge on any atom is -0.486 e. The number of benzene rings is 2. The van der Waals surface area contributed by atoms with E-state index in [9.17, 15) is 14.9 Å². The smallest absolute Gasteiger partial charge is 0.281 e. The molecular formula is C24H21N3O5S. The van der Waals surface area contributed by atoms with Gasteiger partial charge >= 0.3 is 0 Å². The summed E-state index contributed by atoms with van der Waals surface area (Å²) >= 11 is 5.40. The van der Waals surface area contributed by atoms with Gasteiger partial charge in [-0.1, -0.05) is 25.1 Å². The van der Waals surface area contributed by atoms with E-state index >= 15 is 0 Å². The van der Waals surface area contributed by atoms with Crippen molar-refractivity contribution < 1.29 is 18.9 Å². The number of ether oxygens (including phenoxy) is 1. The Morgan fingerprint density at radius 1 is 1.21 bits per heavy atom. The lowest BCUT2D eigenvalue weighted by Gasteiger charge is -2.17. The number of furan rings is 1. The average Bonchev–Trinajstić information content (AvgIpc) is 3.35. The highest BCUT2D eigenvalue weighted by atomic mass is 32.1. The fraction of sp³-hybridized carbons (Fsp3) is 0.167. The van der Waals surface area contributed by atoms with Crippen LogP contribution in [0.4, 0.5) is 11.4 Å². The van der Waals surface area contributed by atoms with Crippen LogP contribution in [0.1, 0.15) is 29.6 Å². The van der Waals surface area contributed by atoms with Crippen LogP contribution in [0.2, 0.25) is 0 Å². The number of carbonyl (C=O) groups excluding carboxylic acids is 1. The van der Waals surface area contributed by atoms with E-state index in [1.165, 1.54) is 11.0 Å². The molecule has 2 heterocycles. The summed E-state index contributed by atoms with van der Waals surface area (Å²) in [6, 6.07) is 15.7. The van der Waals surface area contributed by atoms with Gasteiger partial charge in [-0.25, -0.2) is 0 Å². The van der Waals surface area contributed by atoms with E-state index in [1.807, 2.05) is 31.2 Å². The second-order valence-electron chi connectivity index (χ2n) is 7.41. The molecule has 3 aromatic rings. The van der Waals surface area contributed by atoms with Gasteiger partial charge in [-0.3, -0.25) is 19.8 Å². The maximum absolute atomic E-state index is 13.0. The van der Waals surface area contributed by atoms with Gasteiger partial charge in [-0.2, -0.15) is 0 Å². The Morgan fingerprint density at radius 3 is 2.73 bits per heavy atom. The molecule has 1 saturated heterocycles. The van der Waals surface area contributed by atoms with Gasteiger partial charge in [-0.15, -0.1) is 0 Å². The van der Waals surface area contributed by atoms with Crippen LogP contribution in [-0.2, 0) is 17.8 Å². The molecule has 1 fully saturated rings. The highest BCUT2D eigenvalue weighted by Gasteiger charge is 2.33. The average molecular weight is 464 g/mol. The van der Waals surface area contributed by atoms with Crippen LogP contribution in [0, 0.1) is 17.0 Å². The summed E-state index contributed by atoms with van der Waals surface area (Å²) in [4.78, 5) is 25.0. The molecule has 0 spiro atoms. The number of para-hydroxylation sites is 1. The first-order valence-corrected chi connectivity index (χ1v) is 10.7. The molecule has 33 heavy (non-hydrogen) atoms. The zero-order valence-electron chi connectivity index (χ0n) is 18.0. The van der Waals surface area contributed by atoms with E-state index in [4.69, 9.17) is 21.4 Å². The van der Waals surface area contributed by atoms with Gasteiger partial charge in [0.15, 0.2) is 5.11 Å². The summed E-state index contributed by atoms with van der Waals surface area (Å²) in [7, 11) is 0. The third-order valence-corrected chi connectivity index (χ3v) is 5.49. The second kappa shape index (κ2) is 9.25. The van der Waals surface area contributed by atoms with Gasteiger partial charge in [0.1, 0.15) is 29.6 Å². The number of thiocarbonyl (C=S) groups is 1. The summed E-state index contributed by atoms with van der Waals surface area (Å²) < 4.78 is 11.4. The molecule has 0 radical (unpaired) electrons. The molecule has 168 valence electrons. The largest absolute Gasteiger partial charge is 0.486 e. The number of nitrogens with zero attached hydrogens (tertiary/aromatic N) is 2. The van der Waals surface area contributed by atoms with Crippen LogP contribution < -0.4 is 15.0 Å². The molecule has 0 unspecified atom stereocenters. The summed E-state index contributed by atoms with van der Waals surface area (Å²) in [6.45, 7) is 3.81. The minimum atomic E-state index is -0.433. The molecule has 9 heteroatoms. The van der Waals surface area contributed by atoms with Gasteiger partial charge < -0.3 is 14.5 Å². The van der Waals surface area contributed by atoms with Crippen LogP contribution in [0.3, 0.4) is 0 Å². The van der Waals surface area contributed by atoms with Crippen molar-refractivity contribution in [3.63, 3.8) is 0 Å². The van der Waals surface area contributed by atoms with Crippen molar-refractivity contribution in [3.8, 4) is 5.75 Å². The van der Waals surface area contributed by atoms with E-state index in [-0.39, 0.29) is 18.2 Å². The molecule has 0 aliphatic carbocycles. The second-order valence-corrected chi connectivity index (χ2v) is 7.80. The van der Waals surface area contributed by atoms with Crippen LogP contribution in [0.15, 0.2) is 64.7 Å². The van der Waals surface area contributed by atoms with Crippen molar-refractivity contribution in [2.45, 2.75) is 26.9 Å². The normalized spacial score (nSPS) is 14.6. The van der Waals surface area contributed by atoms with Crippen LogP contribution >= 0.6 is 12.2 Å². The Kier molecular flexibility index (Phi) is 6.23. The van der Waals surface area contributed by atoms with Gasteiger partial charge in [0.25, 0.3) is 11.6 Å². The van der Waals surface area contributed by atoms with Crippen molar-refractivity contribution in [3.05, 3.63) is 93.1 Å². The maximum atomic E-state index is 13.0. The van der Waals surface area contributed by atoms with E-state index < -0.39 is 4.92 Å². The van der Waals surface area contributed by atoms with Crippen molar-refractivity contribution in [1.29, 1.82) is 0 Å². The number of anilines is 1. The molecule has 2 aromatic carbocycles. The number of nitro groups is 1. The predicted molar refractivity (Wildman–Crippen MR) is 128 cm³/mol. The Balaban J connectivity index is 1.46. The lowest BCUT2D eigenvalue weighted by Crippen LogP contribution is -2.31. The SMILES string of the molecule is CCc1ccccc1N1C(=O)/C(=C\c2ccc(COc3ccc([N+](=O)[O-])c(C)c3)o2)NC1=S. The van der Waals surface area contributed by atoms with Gasteiger partial charge in [0.05, 0.1) is 10.6 Å². The Hall–Kier alpha value is -3.98. The summed E-state index contributed by atoms with van der Waals surface area (Å²) in [5.41, 5.74) is 2.65. The summed E-state index contributed by atoms with van der Waals surface area (Å²) in [5.74, 6) is 1.26. The van der Waals surface area contributed by atoms with Crippen LogP contribution in [-0.4, -0.2) is 15.9 Å². The molecule has 0 saturated carbocycles. The third kappa shape index (κ3) is 4.63. The van der Waals surface area contributed by atoms with Crippen LogP contribution in [0.5, 0.6) is 5.75 Å². The summed E-state index contributed by atoms with van der Waals surface area (Å²) in [6.07, 6.45) is 2.38. The molecule has 4 rings (SSSR count). The quantitative estimate of drug-likeness (QED) is 0.230. The number of aryl methyl sites for hydroxylation is 2. The van der Waals surface area contributed by atoms with Crippen molar-refractivity contribution in [1.82, 2.24) is 5.32 Å². The third-order valence-electron chi connectivity index (χ3n) is 5.21. The van der Waals surface area contributed by atoms with Crippen molar-refractivity contribution in [2.24, 2.45) is 0 Å². The lowest BCUT2D eigenvalue weighted by molar-refractivity contribution is -0.385. The molecule has 1 amide bonds. The standard InChI is InChI=1S/C24H21N3O5S/c1-3-16-6-4-5-7-22(16)26-23(28)20(25-24(26)33)13-18-8-9-19(32-18)14-31-17-10-11-21(27(29)30)15(2)12-17/h4-13H,3,14H2,1-2H3,(H,25,33)/b20-13+. The Bertz CT molecular complexity index is 1280. The van der Waals surface area contributed by atoms with Crippen LogP contribution in [0.25, 0.3) is 6.08 Å². The highest BCUT2D eigenvalue weighted by molar-refractivity contribution is 7.80. The number of nitrogens with one attached hydrogen (secondary N) is 1. The first kappa shape index (κ1) is 22.2. The number of nitro benzene ring substituents is 1. The van der Waals surface area contributed by atoms with Gasteiger partial charge in [0, 0.05) is 17.7 Å². The number of carbonyl (C=O) groups is 1. The van der Waals surface area contributed by atoms with E-state index in [0.29, 0.717) is 33.6 Å². The number of hydrogen-bond acceptors (Lipinski definition) is 6. The molecule has 1 aliphatic rings. The number of rotatable bonds is 7. The molecule has 1 aromatic heterocycles. The summed E-state index contributed by atoms with van der Waals surface area (Å²) in [5, 5.41) is 14.2. The zero-order valence-corrected chi connectivity index (χ0v) is 18.8. The molecular weight excluding hydrogens is 442 g/mol. The first-order valence-electron chi connectivity index (χ1n) is 10.3. The fourth-order valence-corrected chi connectivity index (χ4v) is 3.84.